The quantitative estimate of drug-likeness (QED) is 0.854. The third-order valence-electron chi connectivity index (χ3n) is 2.85. The van der Waals surface area contributed by atoms with Crippen LogP contribution in [0.25, 0.3) is 0 Å². The minimum absolute atomic E-state index is 0.0841. The minimum atomic E-state index is -4.35. The fraction of sp³-hybridized carbons (Fsp3) is 0.385. The van der Waals surface area contributed by atoms with Crippen LogP contribution in [-0.2, 0) is 12.7 Å². The molecule has 1 aromatic heterocycles. The van der Waals surface area contributed by atoms with Gasteiger partial charge in [-0.05, 0) is 29.3 Å². The lowest BCUT2D eigenvalue weighted by Crippen LogP contribution is -2.09. The average molecular weight is 304 g/mol. The van der Waals surface area contributed by atoms with Gasteiger partial charge in [-0.25, -0.2) is 0 Å². The first-order valence-corrected chi connectivity index (χ1v) is 6.41. The summed E-state index contributed by atoms with van der Waals surface area (Å²) >= 11 is 5.94. The van der Waals surface area contributed by atoms with Crippen molar-refractivity contribution < 1.29 is 13.2 Å². The molecular weight excluding hydrogens is 291 g/mol. The lowest BCUT2D eigenvalue weighted by atomic mass is 10.1. The molecule has 108 valence electrons. The van der Waals surface area contributed by atoms with Crippen LogP contribution in [0.2, 0.25) is 5.28 Å². The van der Waals surface area contributed by atoms with Crippen molar-refractivity contribution in [1.29, 1.82) is 0 Å². The van der Waals surface area contributed by atoms with Crippen molar-refractivity contribution in [3.63, 3.8) is 0 Å². The Morgan fingerprint density at radius 1 is 1.25 bits per heavy atom. The smallest absolute Gasteiger partial charge is 0.297 e. The zero-order valence-corrected chi connectivity index (χ0v) is 11.7. The molecule has 0 radical (unpaired) electrons. The van der Waals surface area contributed by atoms with Crippen LogP contribution in [0, 0.1) is 0 Å². The standard InChI is InChI=1S/C13H13ClF3N3/c1-8(2)11-18-19-12(14)20(11)7-9-4-3-5-10(6-9)13(15,16)17/h3-6,8H,7H2,1-2H3. The highest BCUT2D eigenvalue weighted by Crippen LogP contribution is 2.30. The van der Waals surface area contributed by atoms with E-state index in [9.17, 15) is 13.2 Å². The third kappa shape index (κ3) is 3.12. The Bertz CT molecular complexity index is 605. The summed E-state index contributed by atoms with van der Waals surface area (Å²) in [5, 5.41) is 7.88. The van der Waals surface area contributed by atoms with Crippen LogP contribution < -0.4 is 0 Å². The molecule has 0 N–H and O–H groups in total. The molecule has 0 fully saturated rings. The van der Waals surface area contributed by atoms with E-state index in [2.05, 4.69) is 10.2 Å². The molecule has 20 heavy (non-hydrogen) atoms. The van der Waals surface area contributed by atoms with E-state index < -0.39 is 11.7 Å². The molecule has 0 aliphatic carbocycles. The van der Waals surface area contributed by atoms with Crippen LogP contribution in [0.3, 0.4) is 0 Å². The van der Waals surface area contributed by atoms with Crippen LogP contribution >= 0.6 is 11.6 Å². The first-order valence-electron chi connectivity index (χ1n) is 6.03. The maximum Gasteiger partial charge on any atom is 0.416 e. The molecule has 2 rings (SSSR count). The van der Waals surface area contributed by atoms with Crippen LogP contribution in [0.1, 0.15) is 36.7 Å². The summed E-state index contributed by atoms with van der Waals surface area (Å²) < 4.78 is 39.6. The van der Waals surface area contributed by atoms with Gasteiger partial charge in [0, 0.05) is 5.92 Å². The monoisotopic (exact) mass is 303 g/mol. The van der Waals surface area contributed by atoms with Gasteiger partial charge in [-0.1, -0.05) is 26.0 Å². The van der Waals surface area contributed by atoms with Crippen molar-refractivity contribution in [3.8, 4) is 0 Å². The van der Waals surface area contributed by atoms with Gasteiger partial charge in [0.25, 0.3) is 0 Å². The van der Waals surface area contributed by atoms with Gasteiger partial charge in [-0.3, -0.25) is 4.57 Å². The number of hydrogen-bond acceptors (Lipinski definition) is 2. The first-order chi connectivity index (χ1) is 9.29. The van der Waals surface area contributed by atoms with Crippen molar-refractivity contribution in [1.82, 2.24) is 14.8 Å². The van der Waals surface area contributed by atoms with E-state index in [-0.39, 0.29) is 17.7 Å². The van der Waals surface area contributed by atoms with E-state index in [4.69, 9.17) is 11.6 Å². The van der Waals surface area contributed by atoms with Crippen molar-refractivity contribution in [2.75, 3.05) is 0 Å². The largest absolute Gasteiger partial charge is 0.416 e. The third-order valence-corrected chi connectivity index (χ3v) is 3.13. The Labute approximate surface area is 119 Å². The van der Waals surface area contributed by atoms with Gasteiger partial charge in [0.05, 0.1) is 12.1 Å². The maximum atomic E-state index is 12.7. The minimum Gasteiger partial charge on any atom is -0.297 e. The second-order valence-corrected chi connectivity index (χ2v) is 5.10. The lowest BCUT2D eigenvalue weighted by Gasteiger charge is -2.12. The highest BCUT2D eigenvalue weighted by Gasteiger charge is 2.30. The number of hydrogen-bond donors (Lipinski definition) is 0. The number of halogens is 4. The molecule has 0 aliphatic rings. The van der Waals surface area contributed by atoms with Crippen molar-refractivity contribution in [3.05, 3.63) is 46.5 Å². The zero-order chi connectivity index (χ0) is 14.9. The highest BCUT2D eigenvalue weighted by molar-refractivity contribution is 6.28. The second-order valence-electron chi connectivity index (χ2n) is 4.77. The zero-order valence-electron chi connectivity index (χ0n) is 10.9. The Hall–Kier alpha value is -1.56. The molecule has 0 saturated heterocycles. The predicted molar refractivity (Wildman–Crippen MR) is 69.7 cm³/mol. The van der Waals surface area contributed by atoms with Gasteiger partial charge >= 0.3 is 6.18 Å². The fourth-order valence-electron chi connectivity index (χ4n) is 1.90. The summed E-state index contributed by atoms with van der Waals surface area (Å²) in [4.78, 5) is 0. The number of aromatic nitrogens is 3. The summed E-state index contributed by atoms with van der Waals surface area (Å²) in [6, 6.07) is 5.15. The van der Waals surface area contributed by atoms with Gasteiger partial charge in [0.1, 0.15) is 5.82 Å². The predicted octanol–water partition coefficient (Wildman–Crippen LogP) is 4.12. The summed E-state index contributed by atoms with van der Waals surface area (Å²) in [6.07, 6.45) is -4.35. The van der Waals surface area contributed by atoms with E-state index in [0.29, 0.717) is 11.4 Å². The summed E-state index contributed by atoms with van der Waals surface area (Å²) in [7, 11) is 0. The summed E-state index contributed by atoms with van der Waals surface area (Å²) in [6.45, 7) is 4.05. The van der Waals surface area contributed by atoms with Crippen LogP contribution in [0.15, 0.2) is 24.3 Å². The highest BCUT2D eigenvalue weighted by atomic mass is 35.5. The second kappa shape index (κ2) is 5.44. The van der Waals surface area contributed by atoms with Gasteiger partial charge in [0.2, 0.25) is 5.28 Å². The molecule has 1 heterocycles. The van der Waals surface area contributed by atoms with Gasteiger partial charge in [0.15, 0.2) is 0 Å². The van der Waals surface area contributed by atoms with Crippen LogP contribution in [0.4, 0.5) is 13.2 Å². The molecule has 0 amide bonds. The molecule has 1 aromatic carbocycles. The normalized spacial score (nSPS) is 12.2. The van der Waals surface area contributed by atoms with Crippen LogP contribution in [0.5, 0.6) is 0 Å². The van der Waals surface area contributed by atoms with Gasteiger partial charge < -0.3 is 0 Å². The Kier molecular flexibility index (Phi) is 4.04. The van der Waals surface area contributed by atoms with Crippen LogP contribution in [-0.4, -0.2) is 14.8 Å². The fourth-order valence-corrected chi connectivity index (χ4v) is 2.08. The number of alkyl halides is 3. The molecule has 0 spiro atoms. The topological polar surface area (TPSA) is 30.7 Å². The van der Waals surface area contributed by atoms with E-state index in [1.807, 2.05) is 13.8 Å². The molecule has 0 atom stereocenters. The molecule has 2 aromatic rings. The Morgan fingerprint density at radius 2 is 1.95 bits per heavy atom. The number of nitrogens with zero attached hydrogens (tertiary/aromatic N) is 3. The van der Waals surface area contributed by atoms with Crippen molar-refractivity contribution >= 4 is 11.6 Å². The lowest BCUT2D eigenvalue weighted by molar-refractivity contribution is -0.137. The summed E-state index contributed by atoms with van der Waals surface area (Å²) in [5.41, 5.74) is -0.172. The van der Waals surface area contributed by atoms with E-state index >= 15 is 0 Å². The van der Waals surface area contributed by atoms with E-state index in [1.54, 1.807) is 10.6 Å². The Morgan fingerprint density at radius 3 is 2.55 bits per heavy atom. The molecule has 3 nitrogen and oxygen atoms in total. The molecule has 0 saturated carbocycles. The van der Waals surface area contributed by atoms with Crippen molar-refractivity contribution in [2.45, 2.75) is 32.5 Å². The maximum absolute atomic E-state index is 12.7. The van der Waals surface area contributed by atoms with E-state index in [0.717, 1.165) is 12.1 Å². The van der Waals surface area contributed by atoms with E-state index in [1.165, 1.54) is 6.07 Å². The van der Waals surface area contributed by atoms with Crippen molar-refractivity contribution in [2.24, 2.45) is 0 Å². The summed E-state index contributed by atoms with van der Waals surface area (Å²) in [5.74, 6) is 0.730. The van der Waals surface area contributed by atoms with Gasteiger partial charge in [-0.15, -0.1) is 10.2 Å². The Balaban J connectivity index is 2.34. The number of benzene rings is 1. The average Bonchev–Trinajstić information content (AvgIpc) is 2.70. The first kappa shape index (κ1) is 14.8. The number of rotatable bonds is 3. The SMILES string of the molecule is CC(C)c1nnc(Cl)n1Cc1cccc(C(F)(F)F)c1. The molecule has 0 unspecified atom stereocenters. The molecule has 0 aliphatic heterocycles. The van der Waals surface area contributed by atoms with Gasteiger partial charge in [-0.2, -0.15) is 13.2 Å². The molecule has 7 heteroatoms. The molecular formula is C13H13ClF3N3. The molecule has 0 bridgehead atoms.